The summed E-state index contributed by atoms with van der Waals surface area (Å²) in [6.45, 7) is 1.69. The molecule has 2 nitrogen and oxygen atoms in total. The van der Waals surface area contributed by atoms with Crippen molar-refractivity contribution in [3.8, 4) is 0 Å². The molecule has 24 heavy (non-hydrogen) atoms. The van der Waals surface area contributed by atoms with Gasteiger partial charge in [0.05, 0.1) is 27.7 Å². The first-order chi connectivity index (χ1) is 11.1. The fourth-order valence-electron chi connectivity index (χ4n) is 3.17. The van der Waals surface area contributed by atoms with Gasteiger partial charge >= 0.3 is 0 Å². The second-order valence-corrected chi connectivity index (χ2v) is 8.39. The van der Waals surface area contributed by atoms with Crippen molar-refractivity contribution in [2.75, 3.05) is 34.3 Å². The minimum atomic E-state index is 0. The van der Waals surface area contributed by atoms with Crippen LogP contribution in [0.25, 0.3) is 0 Å². The molecule has 3 heteroatoms. The third kappa shape index (κ3) is 24.5. The Kier molecular flexibility index (Phi) is 21.5. The maximum atomic E-state index is 8.71. The zero-order valence-corrected chi connectivity index (χ0v) is 17.8. The predicted octanol–water partition coefficient (Wildman–Crippen LogP) is 2.93. The molecule has 1 N–H and O–H groups in total. The lowest BCUT2D eigenvalue weighted by Gasteiger charge is -2.23. The molecule has 148 valence electrons. The number of nitrogens with zero attached hydrogens (tertiary/aromatic N) is 1. The molecule has 0 rings (SSSR count). The van der Waals surface area contributed by atoms with Gasteiger partial charge < -0.3 is 22.0 Å². The number of rotatable bonds is 18. The highest BCUT2D eigenvalue weighted by Gasteiger charge is 2.04. The number of halogens is 1. The summed E-state index contributed by atoms with van der Waals surface area (Å²) < 4.78 is 1.11. The van der Waals surface area contributed by atoms with Gasteiger partial charge in [-0.25, -0.2) is 0 Å². The van der Waals surface area contributed by atoms with Crippen LogP contribution in [0.5, 0.6) is 0 Å². The van der Waals surface area contributed by atoms with Gasteiger partial charge in [-0.1, -0.05) is 83.5 Å². The van der Waals surface area contributed by atoms with E-state index < -0.39 is 0 Å². The highest BCUT2D eigenvalue weighted by Crippen LogP contribution is 2.13. The second kappa shape index (κ2) is 19.5. The Balaban J connectivity index is 0. The normalized spacial score (nSPS) is 11.5. The van der Waals surface area contributed by atoms with E-state index in [1.165, 1.54) is 103 Å². The van der Waals surface area contributed by atoms with Crippen molar-refractivity contribution in [2.24, 2.45) is 0 Å². The third-order valence-electron chi connectivity index (χ3n) is 4.74. The van der Waals surface area contributed by atoms with Gasteiger partial charge in [-0.15, -0.1) is 0 Å². The Bertz CT molecular complexity index is 228. The lowest BCUT2D eigenvalue weighted by molar-refractivity contribution is -0.870. The number of aliphatic hydroxyl groups is 1. The standard InChI is InChI=1S/C21H46NO.ClH/c1-22(2,3)20-18-16-14-12-10-8-6-4-5-7-9-11-13-15-17-19-21-23;/h23H,4-21H2,1-3H3;1H/q+1;/p-1. The van der Waals surface area contributed by atoms with E-state index in [1.807, 2.05) is 0 Å². The molecule has 0 aliphatic rings. The van der Waals surface area contributed by atoms with Crippen LogP contribution in [-0.4, -0.2) is 43.9 Å². The Hall–Kier alpha value is 0.210. The van der Waals surface area contributed by atoms with Gasteiger partial charge in [0.1, 0.15) is 0 Å². The molecule has 0 amide bonds. The first-order valence-electron chi connectivity index (χ1n) is 10.5. The molecule has 0 aliphatic heterocycles. The van der Waals surface area contributed by atoms with E-state index in [-0.39, 0.29) is 12.4 Å². The minimum Gasteiger partial charge on any atom is -1.00 e. The smallest absolute Gasteiger partial charge is 0.0780 e. The molecule has 0 fully saturated rings. The fraction of sp³-hybridized carbons (Fsp3) is 1.00. The lowest BCUT2D eigenvalue weighted by atomic mass is 10.0. The van der Waals surface area contributed by atoms with Gasteiger partial charge in [0, 0.05) is 6.61 Å². The molecular weight excluding hydrogens is 318 g/mol. The van der Waals surface area contributed by atoms with Crippen molar-refractivity contribution in [1.82, 2.24) is 0 Å². The summed E-state index contributed by atoms with van der Waals surface area (Å²) in [5.74, 6) is 0. The van der Waals surface area contributed by atoms with Crippen LogP contribution in [0.1, 0.15) is 103 Å². The topological polar surface area (TPSA) is 20.2 Å². The summed E-state index contributed by atoms with van der Waals surface area (Å²) in [6.07, 6.45) is 22.1. The summed E-state index contributed by atoms with van der Waals surface area (Å²) in [7, 11) is 6.87. The summed E-state index contributed by atoms with van der Waals surface area (Å²) in [6, 6.07) is 0. The summed E-state index contributed by atoms with van der Waals surface area (Å²) in [4.78, 5) is 0. The van der Waals surface area contributed by atoms with Crippen LogP contribution < -0.4 is 12.4 Å². The Morgan fingerprint density at radius 2 is 0.708 bits per heavy atom. The van der Waals surface area contributed by atoms with Gasteiger partial charge in [0.2, 0.25) is 0 Å². The molecule has 0 unspecified atom stereocenters. The van der Waals surface area contributed by atoms with Crippen LogP contribution in [0.3, 0.4) is 0 Å². The average molecular weight is 364 g/mol. The van der Waals surface area contributed by atoms with Crippen molar-refractivity contribution in [2.45, 2.75) is 103 Å². The molecule has 0 saturated heterocycles. The van der Waals surface area contributed by atoms with Crippen molar-refractivity contribution in [3.05, 3.63) is 0 Å². The van der Waals surface area contributed by atoms with E-state index in [2.05, 4.69) is 21.1 Å². The van der Waals surface area contributed by atoms with Crippen molar-refractivity contribution in [3.63, 3.8) is 0 Å². The van der Waals surface area contributed by atoms with Gasteiger partial charge in [-0.3, -0.25) is 0 Å². The average Bonchev–Trinajstić information content (AvgIpc) is 2.49. The minimum absolute atomic E-state index is 0. The fourth-order valence-corrected chi connectivity index (χ4v) is 3.17. The van der Waals surface area contributed by atoms with E-state index in [0.29, 0.717) is 6.61 Å². The lowest BCUT2D eigenvalue weighted by Crippen LogP contribution is -3.00. The highest BCUT2D eigenvalue weighted by atomic mass is 35.5. The van der Waals surface area contributed by atoms with Gasteiger partial charge in [0.15, 0.2) is 0 Å². The van der Waals surface area contributed by atoms with E-state index in [4.69, 9.17) is 5.11 Å². The van der Waals surface area contributed by atoms with Crippen LogP contribution in [0.4, 0.5) is 0 Å². The Morgan fingerprint density at radius 1 is 0.458 bits per heavy atom. The molecule has 0 heterocycles. The molecular formula is C21H46ClNO. The van der Waals surface area contributed by atoms with E-state index in [1.54, 1.807) is 0 Å². The quantitative estimate of drug-likeness (QED) is 0.293. The Morgan fingerprint density at radius 3 is 0.958 bits per heavy atom. The molecule has 0 saturated carbocycles. The monoisotopic (exact) mass is 363 g/mol. The van der Waals surface area contributed by atoms with Crippen LogP contribution in [0.15, 0.2) is 0 Å². The second-order valence-electron chi connectivity index (χ2n) is 8.39. The van der Waals surface area contributed by atoms with Crippen LogP contribution in [-0.2, 0) is 0 Å². The maximum absolute atomic E-state index is 8.71. The largest absolute Gasteiger partial charge is 1.00 e. The molecule has 0 atom stereocenters. The first-order valence-corrected chi connectivity index (χ1v) is 10.5. The molecule has 0 aromatic rings. The predicted molar refractivity (Wildman–Crippen MR) is 104 cm³/mol. The van der Waals surface area contributed by atoms with E-state index >= 15 is 0 Å². The first kappa shape index (κ1) is 26.4. The van der Waals surface area contributed by atoms with Crippen molar-refractivity contribution < 1.29 is 22.0 Å². The SMILES string of the molecule is C[N+](C)(C)CCCCCCCCCCCCCCCCCCO.[Cl-]. The number of quaternary nitrogens is 1. The molecule has 0 spiro atoms. The van der Waals surface area contributed by atoms with Gasteiger partial charge in [-0.05, 0) is 19.3 Å². The van der Waals surface area contributed by atoms with Crippen LogP contribution in [0.2, 0.25) is 0 Å². The van der Waals surface area contributed by atoms with Crippen molar-refractivity contribution in [1.29, 1.82) is 0 Å². The number of aliphatic hydroxyl groups excluding tert-OH is 1. The third-order valence-corrected chi connectivity index (χ3v) is 4.74. The number of hydrogen-bond donors (Lipinski definition) is 1. The van der Waals surface area contributed by atoms with Crippen LogP contribution >= 0.6 is 0 Å². The molecule has 0 aliphatic carbocycles. The zero-order valence-electron chi connectivity index (χ0n) is 17.0. The zero-order chi connectivity index (χ0) is 17.2. The van der Waals surface area contributed by atoms with Gasteiger partial charge in [0.25, 0.3) is 0 Å². The van der Waals surface area contributed by atoms with Crippen molar-refractivity contribution >= 4 is 0 Å². The van der Waals surface area contributed by atoms with Gasteiger partial charge in [-0.2, -0.15) is 0 Å². The summed E-state index contributed by atoms with van der Waals surface area (Å²) in [5, 5.41) is 8.71. The number of unbranched alkanes of at least 4 members (excludes halogenated alkanes) is 15. The molecule has 0 radical (unpaired) electrons. The van der Waals surface area contributed by atoms with Crippen LogP contribution in [0, 0.1) is 0 Å². The maximum Gasteiger partial charge on any atom is 0.0780 e. The Labute approximate surface area is 159 Å². The highest BCUT2D eigenvalue weighted by molar-refractivity contribution is 4.50. The molecule has 0 aromatic carbocycles. The number of hydrogen-bond acceptors (Lipinski definition) is 1. The summed E-state index contributed by atoms with van der Waals surface area (Å²) in [5.41, 5.74) is 0. The van der Waals surface area contributed by atoms with E-state index in [9.17, 15) is 0 Å². The summed E-state index contributed by atoms with van der Waals surface area (Å²) >= 11 is 0. The van der Waals surface area contributed by atoms with E-state index in [0.717, 1.165) is 10.9 Å². The molecule has 0 bridgehead atoms. The molecule has 0 aromatic heterocycles.